The van der Waals surface area contributed by atoms with Crippen LogP contribution >= 0.6 is 0 Å². The molecule has 8 nitrogen and oxygen atoms in total. The zero-order valence-corrected chi connectivity index (χ0v) is 11.0. The van der Waals surface area contributed by atoms with Crippen molar-refractivity contribution in [2.45, 2.75) is 39.2 Å². The first-order valence-corrected chi connectivity index (χ1v) is 6.18. The molecule has 0 aliphatic heterocycles. The molecule has 0 saturated heterocycles. The van der Waals surface area contributed by atoms with Crippen molar-refractivity contribution in [1.29, 1.82) is 0 Å². The molecule has 1 aliphatic rings. The number of nitrogens with zero attached hydrogens (tertiary/aromatic N) is 3. The smallest absolute Gasteiger partial charge is 0.329 e. The third kappa shape index (κ3) is 2.73. The third-order valence-electron chi connectivity index (χ3n) is 3.66. The van der Waals surface area contributed by atoms with E-state index in [9.17, 15) is 10.1 Å². The van der Waals surface area contributed by atoms with Crippen LogP contribution in [-0.4, -0.2) is 20.9 Å². The lowest BCUT2D eigenvalue weighted by Gasteiger charge is -2.28. The van der Waals surface area contributed by atoms with E-state index in [2.05, 4.69) is 34.6 Å². The Hall–Kier alpha value is -1.96. The lowest BCUT2D eigenvalue weighted by molar-refractivity contribution is -0.384. The number of rotatable bonds is 4. The number of anilines is 2. The van der Waals surface area contributed by atoms with Crippen LogP contribution in [0, 0.1) is 15.5 Å². The molecule has 0 spiro atoms. The molecule has 2 rings (SSSR count). The van der Waals surface area contributed by atoms with E-state index in [1.54, 1.807) is 0 Å². The van der Waals surface area contributed by atoms with Crippen molar-refractivity contribution >= 4 is 17.5 Å². The SMILES string of the molecule is CC1(C)CCCC1Nc1nc(NN)ncc1[N+](=O)[O-]. The summed E-state index contributed by atoms with van der Waals surface area (Å²) in [5.41, 5.74) is 2.25. The largest absolute Gasteiger partial charge is 0.361 e. The molecule has 1 fully saturated rings. The Labute approximate surface area is 110 Å². The van der Waals surface area contributed by atoms with Crippen molar-refractivity contribution in [3.63, 3.8) is 0 Å². The van der Waals surface area contributed by atoms with Gasteiger partial charge in [0, 0.05) is 6.04 Å². The molecular weight excluding hydrogens is 248 g/mol. The van der Waals surface area contributed by atoms with Gasteiger partial charge in [-0.25, -0.2) is 10.8 Å². The fourth-order valence-corrected chi connectivity index (χ4v) is 2.44. The number of hydrazine groups is 1. The Morgan fingerprint density at radius 2 is 2.32 bits per heavy atom. The van der Waals surface area contributed by atoms with Crippen LogP contribution in [0.15, 0.2) is 6.20 Å². The lowest BCUT2D eigenvalue weighted by Crippen LogP contribution is -2.31. The molecule has 1 atom stereocenters. The van der Waals surface area contributed by atoms with Crippen LogP contribution in [0.3, 0.4) is 0 Å². The van der Waals surface area contributed by atoms with Gasteiger partial charge in [0.25, 0.3) is 0 Å². The van der Waals surface area contributed by atoms with Crippen LogP contribution in [0.5, 0.6) is 0 Å². The van der Waals surface area contributed by atoms with Crippen LogP contribution in [0.4, 0.5) is 17.5 Å². The van der Waals surface area contributed by atoms with Gasteiger partial charge in [-0.05, 0) is 18.3 Å². The number of hydrogen-bond donors (Lipinski definition) is 3. The molecule has 1 saturated carbocycles. The monoisotopic (exact) mass is 266 g/mol. The van der Waals surface area contributed by atoms with Crippen molar-refractivity contribution in [1.82, 2.24) is 9.97 Å². The summed E-state index contributed by atoms with van der Waals surface area (Å²) in [5.74, 6) is 5.61. The van der Waals surface area contributed by atoms with E-state index >= 15 is 0 Å². The Morgan fingerprint density at radius 3 is 2.84 bits per heavy atom. The average molecular weight is 266 g/mol. The van der Waals surface area contributed by atoms with E-state index in [0.717, 1.165) is 25.5 Å². The fraction of sp³-hybridized carbons (Fsp3) is 0.636. The van der Waals surface area contributed by atoms with E-state index in [1.165, 1.54) is 0 Å². The van der Waals surface area contributed by atoms with E-state index in [4.69, 9.17) is 5.84 Å². The second-order valence-electron chi connectivity index (χ2n) is 5.41. The van der Waals surface area contributed by atoms with Crippen LogP contribution in [0.25, 0.3) is 0 Å². The van der Waals surface area contributed by atoms with Crippen LogP contribution in [-0.2, 0) is 0 Å². The summed E-state index contributed by atoms with van der Waals surface area (Å²) in [6.07, 6.45) is 4.32. The maximum absolute atomic E-state index is 11.0. The van der Waals surface area contributed by atoms with Crippen molar-refractivity contribution in [3.8, 4) is 0 Å². The zero-order chi connectivity index (χ0) is 14.0. The standard InChI is InChI=1S/C11H18N6O2/c1-11(2)5-3-4-8(11)14-9-7(17(18)19)6-13-10(15-9)16-12/h6,8H,3-5,12H2,1-2H3,(H2,13,14,15,16). The number of nitrogens with two attached hydrogens (primary N) is 1. The van der Waals surface area contributed by atoms with Gasteiger partial charge >= 0.3 is 5.69 Å². The van der Waals surface area contributed by atoms with E-state index in [-0.39, 0.29) is 28.9 Å². The van der Waals surface area contributed by atoms with E-state index < -0.39 is 4.92 Å². The minimum Gasteiger partial charge on any atom is -0.361 e. The highest BCUT2D eigenvalue weighted by atomic mass is 16.6. The summed E-state index contributed by atoms with van der Waals surface area (Å²) in [7, 11) is 0. The van der Waals surface area contributed by atoms with Crippen LogP contribution in [0.1, 0.15) is 33.1 Å². The highest BCUT2D eigenvalue weighted by molar-refractivity contribution is 5.57. The first-order valence-electron chi connectivity index (χ1n) is 6.18. The van der Waals surface area contributed by atoms with Gasteiger partial charge in [-0.3, -0.25) is 15.5 Å². The molecular formula is C11H18N6O2. The molecule has 1 aromatic rings. The molecule has 1 heterocycles. The predicted octanol–water partition coefficient (Wildman–Crippen LogP) is 1.66. The van der Waals surface area contributed by atoms with Crippen molar-refractivity contribution in [3.05, 3.63) is 16.3 Å². The minimum atomic E-state index is -0.495. The molecule has 0 amide bonds. The molecule has 8 heteroatoms. The molecule has 19 heavy (non-hydrogen) atoms. The average Bonchev–Trinajstić information content (AvgIpc) is 2.68. The quantitative estimate of drug-likeness (QED) is 0.430. The molecule has 104 valence electrons. The predicted molar refractivity (Wildman–Crippen MR) is 71.5 cm³/mol. The number of aromatic nitrogens is 2. The summed E-state index contributed by atoms with van der Waals surface area (Å²) in [5, 5.41) is 14.2. The molecule has 1 aromatic heterocycles. The van der Waals surface area contributed by atoms with Gasteiger partial charge in [0.2, 0.25) is 11.8 Å². The number of nitrogen functional groups attached to an aromatic ring is 1. The summed E-state index contributed by atoms with van der Waals surface area (Å²) in [6.45, 7) is 4.29. The number of nitrogens with one attached hydrogen (secondary N) is 2. The van der Waals surface area contributed by atoms with Gasteiger partial charge in [-0.2, -0.15) is 4.98 Å². The zero-order valence-electron chi connectivity index (χ0n) is 11.0. The molecule has 0 bridgehead atoms. The van der Waals surface area contributed by atoms with Crippen LogP contribution < -0.4 is 16.6 Å². The first kappa shape index (κ1) is 13.5. The third-order valence-corrected chi connectivity index (χ3v) is 3.66. The molecule has 4 N–H and O–H groups in total. The van der Waals surface area contributed by atoms with E-state index in [0.29, 0.717) is 0 Å². The van der Waals surface area contributed by atoms with Crippen molar-refractivity contribution in [2.75, 3.05) is 10.7 Å². The van der Waals surface area contributed by atoms with Crippen molar-refractivity contribution in [2.24, 2.45) is 11.3 Å². The summed E-state index contributed by atoms with van der Waals surface area (Å²) in [6, 6.07) is 0.159. The molecule has 1 unspecified atom stereocenters. The molecule has 1 aliphatic carbocycles. The fourth-order valence-electron chi connectivity index (χ4n) is 2.44. The maximum atomic E-state index is 11.0. The minimum absolute atomic E-state index is 0.0924. The highest BCUT2D eigenvalue weighted by Crippen LogP contribution is 2.39. The van der Waals surface area contributed by atoms with Crippen LogP contribution in [0.2, 0.25) is 0 Å². The summed E-state index contributed by atoms with van der Waals surface area (Å²) < 4.78 is 0. The molecule has 0 radical (unpaired) electrons. The Morgan fingerprint density at radius 1 is 1.58 bits per heavy atom. The van der Waals surface area contributed by atoms with Crippen molar-refractivity contribution < 1.29 is 4.92 Å². The van der Waals surface area contributed by atoms with Gasteiger partial charge in [-0.1, -0.05) is 20.3 Å². The Bertz CT molecular complexity index is 490. The second kappa shape index (κ2) is 4.96. The number of hydrogen-bond acceptors (Lipinski definition) is 7. The Balaban J connectivity index is 2.29. The Kier molecular flexibility index (Phi) is 3.52. The first-order chi connectivity index (χ1) is 8.94. The second-order valence-corrected chi connectivity index (χ2v) is 5.41. The lowest BCUT2D eigenvalue weighted by atomic mass is 9.87. The van der Waals surface area contributed by atoms with Gasteiger partial charge in [0.1, 0.15) is 6.20 Å². The topological polar surface area (TPSA) is 119 Å². The summed E-state index contributed by atoms with van der Waals surface area (Å²) >= 11 is 0. The normalized spacial score (nSPS) is 21.1. The molecule has 0 aromatic carbocycles. The van der Waals surface area contributed by atoms with Gasteiger partial charge in [0.15, 0.2) is 0 Å². The highest BCUT2D eigenvalue weighted by Gasteiger charge is 2.36. The summed E-state index contributed by atoms with van der Waals surface area (Å²) in [4.78, 5) is 18.3. The number of nitro groups is 1. The van der Waals surface area contributed by atoms with E-state index in [1.807, 2.05) is 0 Å². The maximum Gasteiger partial charge on any atom is 0.329 e. The van der Waals surface area contributed by atoms with Gasteiger partial charge in [-0.15, -0.1) is 0 Å². The van der Waals surface area contributed by atoms with Gasteiger partial charge < -0.3 is 5.32 Å². The van der Waals surface area contributed by atoms with Gasteiger partial charge in [0.05, 0.1) is 4.92 Å².